The molecule has 1 aromatic heterocycles. The summed E-state index contributed by atoms with van der Waals surface area (Å²) in [6.45, 7) is 3.87. The zero-order valence-corrected chi connectivity index (χ0v) is 14.6. The Bertz CT molecular complexity index is 827. The molecule has 0 saturated heterocycles. The molecule has 0 bridgehead atoms. The van der Waals surface area contributed by atoms with Gasteiger partial charge in [0.2, 0.25) is 10.0 Å². The fourth-order valence-electron chi connectivity index (χ4n) is 2.47. The number of fused-ring (bicyclic) bond motifs is 1. The maximum absolute atomic E-state index is 12.6. The number of sulfonamides is 1. The van der Waals surface area contributed by atoms with Crippen LogP contribution >= 0.6 is 11.3 Å². The van der Waals surface area contributed by atoms with Crippen molar-refractivity contribution in [3.05, 3.63) is 46.2 Å². The first kappa shape index (κ1) is 16.0. The van der Waals surface area contributed by atoms with Crippen LogP contribution < -0.4 is 9.62 Å². The zero-order valence-electron chi connectivity index (χ0n) is 12.9. The van der Waals surface area contributed by atoms with Crippen molar-refractivity contribution in [1.82, 2.24) is 0 Å². The van der Waals surface area contributed by atoms with Crippen molar-refractivity contribution in [2.75, 3.05) is 16.2 Å². The van der Waals surface area contributed by atoms with E-state index in [1.54, 1.807) is 36.9 Å². The Hall–Kier alpha value is -1.86. The second-order valence-electron chi connectivity index (χ2n) is 5.72. The minimum atomic E-state index is -3.40. The second-order valence-corrected chi connectivity index (χ2v) is 8.91. The van der Waals surface area contributed by atoms with Gasteiger partial charge in [-0.05, 0) is 49.4 Å². The highest BCUT2D eigenvalue weighted by atomic mass is 32.2. The first-order chi connectivity index (χ1) is 10.9. The van der Waals surface area contributed by atoms with Gasteiger partial charge in [-0.1, -0.05) is 12.1 Å². The Balaban J connectivity index is 1.90. The quantitative estimate of drug-likeness (QED) is 0.921. The third-order valence-electron chi connectivity index (χ3n) is 3.84. The molecule has 0 atom stereocenters. The van der Waals surface area contributed by atoms with Crippen LogP contribution in [0.5, 0.6) is 0 Å². The fourth-order valence-corrected chi connectivity index (χ4v) is 3.83. The molecule has 0 fully saturated rings. The SMILES string of the molecule is CC(C)S(=O)(=O)Nc1ccc2c(c1)N(C(=O)c1cccs1)CC2. The number of anilines is 2. The van der Waals surface area contributed by atoms with Gasteiger partial charge in [-0.15, -0.1) is 11.3 Å². The molecule has 23 heavy (non-hydrogen) atoms. The monoisotopic (exact) mass is 350 g/mol. The molecule has 1 aliphatic heterocycles. The summed E-state index contributed by atoms with van der Waals surface area (Å²) < 4.78 is 26.6. The van der Waals surface area contributed by atoms with Crippen molar-refractivity contribution >= 4 is 38.6 Å². The Morgan fingerprint density at radius 2 is 2.09 bits per heavy atom. The van der Waals surface area contributed by atoms with Gasteiger partial charge in [0.05, 0.1) is 15.8 Å². The normalized spacial score (nSPS) is 14.1. The Kier molecular flexibility index (Phi) is 4.16. The van der Waals surface area contributed by atoms with Crippen LogP contribution in [0.2, 0.25) is 0 Å². The molecule has 0 radical (unpaired) electrons. The molecule has 1 N–H and O–H groups in total. The third-order valence-corrected chi connectivity index (χ3v) is 6.46. The fraction of sp³-hybridized carbons (Fsp3) is 0.312. The lowest BCUT2D eigenvalue weighted by Crippen LogP contribution is -2.28. The summed E-state index contributed by atoms with van der Waals surface area (Å²) in [6.07, 6.45) is 0.781. The predicted octanol–water partition coefficient (Wildman–Crippen LogP) is 3.10. The molecule has 1 amide bonds. The van der Waals surface area contributed by atoms with Crippen molar-refractivity contribution in [3.8, 4) is 0 Å². The minimum Gasteiger partial charge on any atom is -0.307 e. The average Bonchev–Trinajstić information content (AvgIpc) is 3.15. The molecule has 0 saturated carbocycles. The maximum atomic E-state index is 12.6. The smallest absolute Gasteiger partial charge is 0.268 e. The Morgan fingerprint density at radius 1 is 1.30 bits per heavy atom. The van der Waals surface area contributed by atoms with Gasteiger partial charge < -0.3 is 4.90 Å². The molecule has 2 heterocycles. The number of nitrogens with zero attached hydrogens (tertiary/aromatic N) is 1. The lowest BCUT2D eigenvalue weighted by molar-refractivity contribution is 0.0993. The maximum Gasteiger partial charge on any atom is 0.268 e. The van der Waals surface area contributed by atoms with Crippen LogP contribution in [0.1, 0.15) is 29.1 Å². The Labute approximate surface area is 140 Å². The van der Waals surface area contributed by atoms with Crippen LogP contribution in [-0.2, 0) is 16.4 Å². The number of thiophene rings is 1. The van der Waals surface area contributed by atoms with Gasteiger partial charge in [0, 0.05) is 12.2 Å². The van der Waals surface area contributed by atoms with E-state index < -0.39 is 15.3 Å². The summed E-state index contributed by atoms with van der Waals surface area (Å²) in [5, 5.41) is 1.36. The summed E-state index contributed by atoms with van der Waals surface area (Å²) in [6, 6.07) is 9.03. The topological polar surface area (TPSA) is 66.5 Å². The average molecular weight is 350 g/mol. The van der Waals surface area contributed by atoms with Crippen LogP contribution in [0.3, 0.4) is 0 Å². The number of hydrogen-bond acceptors (Lipinski definition) is 4. The number of benzene rings is 1. The largest absolute Gasteiger partial charge is 0.307 e. The predicted molar refractivity (Wildman–Crippen MR) is 93.8 cm³/mol. The molecule has 3 rings (SSSR count). The number of rotatable bonds is 4. The zero-order chi connectivity index (χ0) is 16.6. The molecular formula is C16H18N2O3S2. The van der Waals surface area contributed by atoms with Gasteiger partial charge in [0.15, 0.2) is 0 Å². The van der Waals surface area contributed by atoms with E-state index in [4.69, 9.17) is 0 Å². The van der Waals surface area contributed by atoms with E-state index >= 15 is 0 Å². The van der Waals surface area contributed by atoms with E-state index in [9.17, 15) is 13.2 Å². The van der Waals surface area contributed by atoms with Crippen LogP contribution in [-0.4, -0.2) is 26.1 Å². The van der Waals surface area contributed by atoms with Crippen LogP contribution in [0, 0.1) is 0 Å². The number of nitrogens with one attached hydrogen (secondary N) is 1. The van der Waals surface area contributed by atoms with Crippen molar-refractivity contribution in [2.45, 2.75) is 25.5 Å². The first-order valence-electron chi connectivity index (χ1n) is 7.38. The summed E-state index contributed by atoms with van der Waals surface area (Å²) in [7, 11) is -3.40. The van der Waals surface area contributed by atoms with Crippen molar-refractivity contribution in [1.29, 1.82) is 0 Å². The number of hydrogen-bond donors (Lipinski definition) is 1. The highest BCUT2D eigenvalue weighted by molar-refractivity contribution is 7.93. The molecule has 0 aliphatic carbocycles. The van der Waals surface area contributed by atoms with Gasteiger partial charge in [-0.2, -0.15) is 0 Å². The van der Waals surface area contributed by atoms with Crippen molar-refractivity contribution < 1.29 is 13.2 Å². The van der Waals surface area contributed by atoms with E-state index in [0.717, 1.165) is 17.7 Å². The van der Waals surface area contributed by atoms with E-state index in [-0.39, 0.29) is 5.91 Å². The van der Waals surface area contributed by atoms with Gasteiger partial charge in [-0.25, -0.2) is 8.42 Å². The van der Waals surface area contributed by atoms with Gasteiger partial charge in [-0.3, -0.25) is 9.52 Å². The summed E-state index contributed by atoms with van der Waals surface area (Å²) in [5.74, 6) is -0.0392. The molecule has 5 nitrogen and oxygen atoms in total. The molecule has 1 aromatic carbocycles. The highest BCUT2D eigenvalue weighted by Gasteiger charge is 2.27. The number of carbonyl (C=O) groups is 1. The van der Waals surface area contributed by atoms with E-state index in [0.29, 0.717) is 17.1 Å². The third kappa shape index (κ3) is 3.11. The van der Waals surface area contributed by atoms with E-state index in [2.05, 4.69) is 4.72 Å². The lowest BCUT2D eigenvalue weighted by atomic mass is 10.1. The molecule has 0 unspecified atom stereocenters. The minimum absolute atomic E-state index is 0.0392. The van der Waals surface area contributed by atoms with Crippen LogP contribution in [0.4, 0.5) is 11.4 Å². The van der Waals surface area contributed by atoms with Crippen LogP contribution in [0.15, 0.2) is 35.7 Å². The van der Waals surface area contributed by atoms with Gasteiger partial charge >= 0.3 is 0 Å². The molecule has 122 valence electrons. The number of carbonyl (C=O) groups excluding carboxylic acids is 1. The summed E-state index contributed by atoms with van der Waals surface area (Å²) in [5.41, 5.74) is 2.33. The van der Waals surface area contributed by atoms with Crippen LogP contribution in [0.25, 0.3) is 0 Å². The number of amides is 1. The molecule has 7 heteroatoms. The highest BCUT2D eigenvalue weighted by Crippen LogP contribution is 2.33. The molecule has 1 aliphatic rings. The second kappa shape index (κ2) is 5.98. The molecular weight excluding hydrogens is 332 g/mol. The summed E-state index contributed by atoms with van der Waals surface area (Å²) >= 11 is 1.41. The first-order valence-corrected chi connectivity index (χ1v) is 9.81. The van der Waals surface area contributed by atoms with E-state index in [1.165, 1.54) is 11.3 Å². The van der Waals surface area contributed by atoms with Crippen molar-refractivity contribution in [2.24, 2.45) is 0 Å². The summed E-state index contributed by atoms with van der Waals surface area (Å²) in [4.78, 5) is 15.0. The van der Waals surface area contributed by atoms with Gasteiger partial charge in [0.25, 0.3) is 5.91 Å². The molecule has 2 aromatic rings. The standard InChI is InChI=1S/C16H18N2O3S2/c1-11(2)23(20,21)17-13-6-5-12-7-8-18(14(12)10-13)16(19)15-4-3-9-22-15/h3-6,9-11,17H,7-8H2,1-2H3. The Morgan fingerprint density at radius 3 is 2.74 bits per heavy atom. The lowest BCUT2D eigenvalue weighted by Gasteiger charge is -2.18. The molecule has 0 spiro atoms. The van der Waals surface area contributed by atoms with E-state index in [1.807, 2.05) is 17.5 Å². The van der Waals surface area contributed by atoms with Gasteiger partial charge in [0.1, 0.15) is 0 Å². The van der Waals surface area contributed by atoms with Crippen molar-refractivity contribution in [3.63, 3.8) is 0 Å².